The summed E-state index contributed by atoms with van der Waals surface area (Å²) in [4.78, 5) is 8.90. The van der Waals surface area contributed by atoms with Crippen LogP contribution in [0.3, 0.4) is 0 Å². The van der Waals surface area contributed by atoms with Gasteiger partial charge in [-0.15, -0.1) is 0 Å². The SMILES string of the molecule is c1ccc(CCc2cnc(-c3ccccc3)nc2)cc1. The molecule has 2 heteroatoms. The Morgan fingerprint density at radius 3 is 1.80 bits per heavy atom. The van der Waals surface area contributed by atoms with E-state index in [1.807, 2.05) is 48.8 Å². The van der Waals surface area contributed by atoms with E-state index in [2.05, 4.69) is 34.2 Å². The van der Waals surface area contributed by atoms with Crippen LogP contribution in [0, 0.1) is 0 Å². The molecule has 0 amide bonds. The lowest BCUT2D eigenvalue weighted by Crippen LogP contribution is -1.95. The van der Waals surface area contributed by atoms with Crippen molar-refractivity contribution >= 4 is 0 Å². The van der Waals surface area contributed by atoms with Crippen molar-refractivity contribution in [2.24, 2.45) is 0 Å². The number of hydrogen-bond donors (Lipinski definition) is 0. The Balaban J connectivity index is 1.68. The van der Waals surface area contributed by atoms with Gasteiger partial charge in [0, 0.05) is 18.0 Å². The van der Waals surface area contributed by atoms with E-state index in [0.717, 1.165) is 24.2 Å². The van der Waals surface area contributed by atoms with Crippen molar-refractivity contribution in [1.29, 1.82) is 0 Å². The summed E-state index contributed by atoms with van der Waals surface area (Å²) < 4.78 is 0. The number of aromatic nitrogens is 2. The second-order valence-electron chi connectivity index (χ2n) is 4.77. The highest BCUT2D eigenvalue weighted by atomic mass is 14.9. The minimum atomic E-state index is 0.786. The highest BCUT2D eigenvalue weighted by Gasteiger charge is 2.01. The first-order valence-electron chi connectivity index (χ1n) is 6.82. The molecule has 3 rings (SSSR count). The van der Waals surface area contributed by atoms with Crippen LogP contribution in [0.1, 0.15) is 11.1 Å². The van der Waals surface area contributed by atoms with E-state index in [-0.39, 0.29) is 0 Å². The van der Waals surface area contributed by atoms with E-state index in [1.54, 1.807) is 0 Å². The van der Waals surface area contributed by atoms with Crippen molar-refractivity contribution in [1.82, 2.24) is 9.97 Å². The maximum absolute atomic E-state index is 4.45. The fraction of sp³-hybridized carbons (Fsp3) is 0.111. The van der Waals surface area contributed by atoms with Crippen molar-refractivity contribution < 1.29 is 0 Å². The van der Waals surface area contributed by atoms with E-state index in [9.17, 15) is 0 Å². The Kier molecular flexibility index (Phi) is 3.83. The van der Waals surface area contributed by atoms with Gasteiger partial charge < -0.3 is 0 Å². The largest absolute Gasteiger partial charge is 0.236 e. The molecular formula is C18H16N2. The van der Waals surface area contributed by atoms with E-state index >= 15 is 0 Å². The van der Waals surface area contributed by atoms with Crippen LogP contribution in [0.2, 0.25) is 0 Å². The zero-order valence-corrected chi connectivity index (χ0v) is 11.2. The van der Waals surface area contributed by atoms with Gasteiger partial charge >= 0.3 is 0 Å². The summed E-state index contributed by atoms with van der Waals surface area (Å²) in [5.41, 5.74) is 3.58. The fourth-order valence-corrected chi connectivity index (χ4v) is 2.15. The molecule has 0 spiro atoms. The molecule has 0 radical (unpaired) electrons. The van der Waals surface area contributed by atoms with E-state index in [1.165, 1.54) is 11.1 Å². The van der Waals surface area contributed by atoms with Crippen LogP contribution in [-0.4, -0.2) is 9.97 Å². The summed E-state index contributed by atoms with van der Waals surface area (Å²) in [7, 11) is 0. The maximum atomic E-state index is 4.45. The van der Waals surface area contributed by atoms with Gasteiger partial charge in [0.2, 0.25) is 0 Å². The zero-order chi connectivity index (χ0) is 13.6. The standard InChI is InChI=1S/C18H16N2/c1-3-7-15(8-4-1)11-12-16-13-19-18(20-14-16)17-9-5-2-6-10-17/h1-10,13-14H,11-12H2. The van der Waals surface area contributed by atoms with Crippen molar-refractivity contribution in [3.8, 4) is 11.4 Å². The predicted octanol–water partition coefficient (Wildman–Crippen LogP) is 3.93. The number of hydrogen-bond acceptors (Lipinski definition) is 2. The summed E-state index contributed by atoms with van der Waals surface area (Å²) in [6.45, 7) is 0. The van der Waals surface area contributed by atoms with Crippen LogP contribution >= 0.6 is 0 Å². The molecular weight excluding hydrogens is 244 g/mol. The van der Waals surface area contributed by atoms with Gasteiger partial charge in [-0.1, -0.05) is 60.7 Å². The molecule has 0 aliphatic heterocycles. The van der Waals surface area contributed by atoms with E-state index in [0.29, 0.717) is 0 Å². The van der Waals surface area contributed by atoms with Crippen LogP contribution in [0.25, 0.3) is 11.4 Å². The lowest BCUT2D eigenvalue weighted by atomic mass is 10.1. The lowest BCUT2D eigenvalue weighted by Gasteiger charge is -2.03. The minimum absolute atomic E-state index is 0.786. The molecule has 0 bridgehead atoms. The molecule has 0 atom stereocenters. The average molecular weight is 260 g/mol. The summed E-state index contributed by atoms with van der Waals surface area (Å²) in [5, 5.41) is 0. The average Bonchev–Trinajstić information content (AvgIpc) is 2.55. The Labute approximate surface area is 119 Å². The highest BCUT2D eigenvalue weighted by Crippen LogP contribution is 2.14. The van der Waals surface area contributed by atoms with Crippen LogP contribution in [0.4, 0.5) is 0 Å². The maximum Gasteiger partial charge on any atom is 0.159 e. The molecule has 0 saturated heterocycles. The van der Waals surface area contributed by atoms with E-state index in [4.69, 9.17) is 0 Å². The Hall–Kier alpha value is -2.48. The fourth-order valence-electron chi connectivity index (χ4n) is 2.15. The summed E-state index contributed by atoms with van der Waals surface area (Å²) in [6, 6.07) is 20.5. The van der Waals surface area contributed by atoms with E-state index < -0.39 is 0 Å². The molecule has 0 aliphatic rings. The monoisotopic (exact) mass is 260 g/mol. The zero-order valence-electron chi connectivity index (χ0n) is 11.2. The quantitative estimate of drug-likeness (QED) is 0.710. The molecule has 3 aromatic rings. The third-order valence-corrected chi connectivity index (χ3v) is 3.28. The van der Waals surface area contributed by atoms with Crippen LogP contribution in [0.15, 0.2) is 73.1 Å². The molecule has 2 nitrogen and oxygen atoms in total. The summed E-state index contributed by atoms with van der Waals surface area (Å²) >= 11 is 0. The van der Waals surface area contributed by atoms with Gasteiger partial charge in [0.05, 0.1) is 0 Å². The van der Waals surface area contributed by atoms with Gasteiger partial charge in [-0.2, -0.15) is 0 Å². The molecule has 0 aliphatic carbocycles. The molecule has 0 unspecified atom stereocenters. The van der Waals surface area contributed by atoms with Gasteiger partial charge in [-0.25, -0.2) is 9.97 Å². The first kappa shape index (κ1) is 12.5. The first-order valence-corrected chi connectivity index (χ1v) is 6.82. The van der Waals surface area contributed by atoms with Crippen molar-refractivity contribution in [2.45, 2.75) is 12.8 Å². The molecule has 1 heterocycles. The number of nitrogens with zero attached hydrogens (tertiary/aromatic N) is 2. The summed E-state index contributed by atoms with van der Waals surface area (Å²) in [5.74, 6) is 0.786. The second kappa shape index (κ2) is 6.11. The van der Waals surface area contributed by atoms with Crippen molar-refractivity contribution in [3.63, 3.8) is 0 Å². The Bertz CT molecular complexity index is 646. The lowest BCUT2D eigenvalue weighted by molar-refractivity contribution is 0.935. The van der Waals surface area contributed by atoms with Crippen LogP contribution in [-0.2, 0) is 12.8 Å². The summed E-state index contributed by atoms with van der Waals surface area (Å²) in [6.07, 6.45) is 5.85. The number of aryl methyl sites for hydroxylation is 2. The van der Waals surface area contributed by atoms with Gasteiger partial charge in [0.1, 0.15) is 0 Å². The highest BCUT2D eigenvalue weighted by molar-refractivity contribution is 5.53. The van der Waals surface area contributed by atoms with Gasteiger partial charge in [0.15, 0.2) is 5.82 Å². The van der Waals surface area contributed by atoms with Gasteiger partial charge in [-0.05, 0) is 24.0 Å². The van der Waals surface area contributed by atoms with Gasteiger partial charge in [0.25, 0.3) is 0 Å². The third kappa shape index (κ3) is 3.09. The molecule has 0 saturated carbocycles. The molecule has 2 aromatic carbocycles. The molecule has 98 valence electrons. The second-order valence-corrected chi connectivity index (χ2v) is 4.77. The minimum Gasteiger partial charge on any atom is -0.236 e. The van der Waals surface area contributed by atoms with Crippen LogP contribution in [0.5, 0.6) is 0 Å². The molecule has 0 N–H and O–H groups in total. The Morgan fingerprint density at radius 2 is 1.15 bits per heavy atom. The topological polar surface area (TPSA) is 25.8 Å². The Morgan fingerprint density at radius 1 is 0.600 bits per heavy atom. The normalized spacial score (nSPS) is 10.4. The third-order valence-electron chi connectivity index (χ3n) is 3.28. The van der Waals surface area contributed by atoms with Crippen molar-refractivity contribution in [3.05, 3.63) is 84.2 Å². The van der Waals surface area contributed by atoms with Gasteiger partial charge in [-0.3, -0.25) is 0 Å². The predicted molar refractivity (Wildman–Crippen MR) is 81.3 cm³/mol. The molecule has 20 heavy (non-hydrogen) atoms. The van der Waals surface area contributed by atoms with Crippen molar-refractivity contribution in [2.75, 3.05) is 0 Å². The first-order chi connectivity index (χ1) is 9.92. The number of rotatable bonds is 4. The molecule has 0 fully saturated rings. The molecule has 1 aromatic heterocycles. The number of benzene rings is 2. The smallest absolute Gasteiger partial charge is 0.159 e. The van der Waals surface area contributed by atoms with Crippen LogP contribution < -0.4 is 0 Å².